The molecule has 0 saturated carbocycles. The molecular formula is C89H155NO13. The lowest BCUT2D eigenvalue weighted by molar-refractivity contribution is -0.359. The molecule has 2 aliphatic rings. The fourth-order valence-corrected chi connectivity index (χ4v) is 13.3. The summed E-state index contributed by atoms with van der Waals surface area (Å²) in [5.74, 6) is -0.215. The van der Waals surface area contributed by atoms with E-state index in [0.717, 1.165) is 122 Å². The van der Waals surface area contributed by atoms with Gasteiger partial charge in [0.2, 0.25) is 5.91 Å². The highest BCUT2D eigenvalue weighted by atomic mass is 16.7. The van der Waals surface area contributed by atoms with Crippen LogP contribution in [0.15, 0.2) is 122 Å². The van der Waals surface area contributed by atoms with E-state index in [1.165, 1.54) is 186 Å². The Balaban J connectivity index is 1.61. The number of unbranched alkanes of at least 4 members (excludes halogenated alkanes) is 37. The van der Waals surface area contributed by atoms with Gasteiger partial charge < -0.3 is 65.1 Å². The number of rotatable bonds is 70. The predicted octanol–water partition coefficient (Wildman–Crippen LogP) is 20.0. The van der Waals surface area contributed by atoms with Gasteiger partial charge in [-0.3, -0.25) is 4.79 Å². The topological polar surface area (TPSA) is 228 Å². The van der Waals surface area contributed by atoms with Crippen molar-refractivity contribution in [2.75, 3.05) is 19.8 Å². The Bertz CT molecular complexity index is 2200. The maximum Gasteiger partial charge on any atom is 0.220 e. The van der Waals surface area contributed by atoms with Crippen molar-refractivity contribution in [2.45, 2.75) is 415 Å². The third-order valence-electron chi connectivity index (χ3n) is 19.9. The van der Waals surface area contributed by atoms with E-state index in [1.807, 2.05) is 0 Å². The summed E-state index contributed by atoms with van der Waals surface area (Å²) in [6.45, 7) is 2.78. The monoisotopic (exact) mass is 1450 g/mol. The van der Waals surface area contributed by atoms with Gasteiger partial charge in [-0.2, -0.15) is 0 Å². The Morgan fingerprint density at radius 1 is 0.359 bits per heavy atom. The normalized spacial score (nSPS) is 22.2. The first-order valence-corrected chi connectivity index (χ1v) is 42.3. The van der Waals surface area contributed by atoms with Crippen molar-refractivity contribution in [3.05, 3.63) is 122 Å². The lowest BCUT2D eigenvalue weighted by Gasteiger charge is -2.46. The fraction of sp³-hybridized carbons (Fsp3) is 0.764. The van der Waals surface area contributed by atoms with Crippen LogP contribution in [0.2, 0.25) is 0 Å². The van der Waals surface area contributed by atoms with Crippen LogP contribution in [0.4, 0.5) is 0 Å². The Hall–Kier alpha value is -3.61. The molecule has 2 fully saturated rings. The lowest BCUT2D eigenvalue weighted by atomic mass is 9.97. The van der Waals surface area contributed by atoms with Gasteiger partial charge in [-0.1, -0.05) is 367 Å². The minimum Gasteiger partial charge on any atom is -0.394 e. The predicted molar refractivity (Wildman–Crippen MR) is 429 cm³/mol. The Labute approximate surface area is 628 Å². The van der Waals surface area contributed by atoms with E-state index >= 15 is 0 Å². The zero-order valence-corrected chi connectivity index (χ0v) is 65.3. The van der Waals surface area contributed by atoms with E-state index in [2.05, 4.69) is 141 Å². The first-order chi connectivity index (χ1) is 50.6. The summed E-state index contributed by atoms with van der Waals surface area (Å²) in [5.41, 5.74) is 0. The van der Waals surface area contributed by atoms with E-state index in [1.54, 1.807) is 0 Å². The molecule has 14 heteroatoms. The molecule has 12 unspecified atom stereocenters. The Kier molecular flexibility index (Phi) is 66.1. The van der Waals surface area contributed by atoms with Gasteiger partial charge >= 0.3 is 0 Å². The van der Waals surface area contributed by atoms with Crippen LogP contribution in [0.25, 0.3) is 0 Å². The van der Waals surface area contributed by atoms with Gasteiger partial charge in [0.15, 0.2) is 12.6 Å². The average molecular weight is 1450 g/mol. The lowest BCUT2D eigenvalue weighted by Crippen LogP contribution is -2.65. The third kappa shape index (κ3) is 53.8. The van der Waals surface area contributed by atoms with Crippen LogP contribution in [0.3, 0.4) is 0 Å². The van der Waals surface area contributed by atoms with Gasteiger partial charge in [0, 0.05) is 6.42 Å². The summed E-state index contributed by atoms with van der Waals surface area (Å²) in [5, 5.41) is 88.0. The van der Waals surface area contributed by atoms with Crippen molar-refractivity contribution in [1.82, 2.24) is 5.32 Å². The number of hydrogen-bond acceptors (Lipinski definition) is 13. The molecular weight excluding hydrogens is 1290 g/mol. The second-order valence-corrected chi connectivity index (χ2v) is 29.2. The molecule has 1 amide bonds. The molecule has 0 radical (unpaired) electrons. The Morgan fingerprint density at radius 2 is 0.670 bits per heavy atom. The van der Waals surface area contributed by atoms with Crippen LogP contribution in [-0.4, -0.2) is 140 Å². The summed E-state index contributed by atoms with van der Waals surface area (Å²) in [6, 6.07) is -0.844. The van der Waals surface area contributed by atoms with Gasteiger partial charge in [0.1, 0.15) is 48.8 Å². The Morgan fingerprint density at radius 3 is 1.03 bits per heavy atom. The second-order valence-electron chi connectivity index (χ2n) is 29.2. The van der Waals surface area contributed by atoms with Crippen LogP contribution >= 0.6 is 0 Å². The summed E-state index contributed by atoms with van der Waals surface area (Å²) >= 11 is 0. The molecule has 594 valence electrons. The SMILES string of the molecule is CC/C=C\C/C=C\C/C=C\C/C=C\C/C=C\C/C=C\C/C=C\C/C=C\C/C=C\C/C=C\CCCCCCCCCCC(=O)NC(COC1OC(CO)C(OC2OC(CO)C(O)C(O)C2O)C(O)C1O)C(O)CCCCCCCCCCCCCCCCCCCCCCCCCCCCCCCC. The molecule has 14 nitrogen and oxygen atoms in total. The molecule has 0 spiro atoms. The fourth-order valence-electron chi connectivity index (χ4n) is 13.3. The maximum atomic E-state index is 13.4. The quantitative estimate of drug-likeness (QED) is 0.0204. The van der Waals surface area contributed by atoms with Crippen molar-refractivity contribution in [1.29, 1.82) is 0 Å². The number of ether oxygens (including phenoxy) is 4. The molecule has 0 aromatic carbocycles. The number of amides is 1. The molecule has 12 atom stereocenters. The van der Waals surface area contributed by atoms with E-state index in [4.69, 9.17) is 18.9 Å². The summed E-state index contributed by atoms with van der Waals surface area (Å²) < 4.78 is 23.0. The van der Waals surface area contributed by atoms with Gasteiger partial charge in [0.05, 0.1) is 32.0 Å². The summed E-state index contributed by atoms with van der Waals surface area (Å²) in [4.78, 5) is 13.4. The average Bonchev–Trinajstić information content (AvgIpc) is 0.791. The third-order valence-corrected chi connectivity index (χ3v) is 19.9. The van der Waals surface area contributed by atoms with Crippen LogP contribution in [0, 0.1) is 0 Å². The van der Waals surface area contributed by atoms with Crippen LogP contribution < -0.4 is 5.32 Å². The minimum absolute atomic E-state index is 0.215. The maximum absolute atomic E-state index is 13.4. The number of allylic oxidation sites excluding steroid dienone is 20. The first kappa shape index (κ1) is 95.5. The number of hydrogen-bond donors (Lipinski definition) is 9. The van der Waals surface area contributed by atoms with Crippen molar-refractivity contribution >= 4 is 5.91 Å². The smallest absolute Gasteiger partial charge is 0.220 e. The number of aliphatic hydroxyl groups is 8. The number of carbonyl (C=O) groups excluding carboxylic acids is 1. The number of nitrogens with one attached hydrogen (secondary N) is 1. The standard InChI is InChI=1S/C89H155NO13/c1-3-5-7-9-11-13-15-17-19-21-23-25-27-29-31-33-35-36-37-38-39-40-41-42-43-45-47-49-51-53-55-57-59-61-63-65-67-69-71-73-81(94)90-77(76-100-88-86(99)84(97)87(80(75-92)102-88)103-89-85(98)83(96)82(95)79(74-91)101-89)78(93)72-70-68-66-64-62-60-58-56-54-52-50-48-46-44-34-32-30-28-26-24-22-20-18-16-14-12-10-8-6-4-2/h5,7,11,13,17,19,23,25,29,31,35-36,38-39,41-42,45,47,51,53,77-80,82-89,91-93,95-99H,3-4,6,8-10,12,14-16,18,20-22,24,26-28,30,32-34,37,40,43-44,46,48-50,52,54-76H2,1-2H3,(H,90,94)/b7-5-,13-11-,19-17-,25-23-,31-29-,36-35-,39-38-,42-41-,47-45-,53-51-. The van der Waals surface area contributed by atoms with Crippen molar-refractivity contribution < 1.29 is 64.6 Å². The van der Waals surface area contributed by atoms with Gasteiger partial charge in [-0.25, -0.2) is 0 Å². The molecule has 0 bridgehead atoms. The van der Waals surface area contributed by atoms with Crippen LogP contribution in [-0.2, 0) is 23.7 Å². The molecule has 0 aromatic rings. The van der Waals surface area contributed by atoms with Crippen molar-refractivity contribution in [3.63, 3.8) is 0 Å². The summed E-state index contributed by atoms with van der Waals surface area (Å²) in [7, 11) is 0. The molecule has 2 aliphatic heterocycles. The molecule has 103 heavy (non-hydrogen) atoms. The van der Waals surface area contributed by atoms with Crippen LogP contribution in [0.5, 0.6) is 0 Å². The number of carbonyl (C=O) groups is 1. The highest BCUT2D eigenvalue weighted by Gasteiger charge is 2.51. The van der Waals surface area contributed by atoms with Gasteiger partial charge in [0.25, 0.3) is 0 Å². The minimum atomic E-state index is -1.79. The van der Waals surface area contributed by atoms with Crippen LogP contribution in [0.1, 0.15) is 341 Å². The molecule has 2 saturated heterocycles. The molecule has 0 aromatic heterocycles. The van der Waals surface area contributed by atoms with E-state index < -0.39 is 86.8 Å². The number of aliphatic hydroxyl groups excluding tert-OH is 8. The molecule has 0 aliphatic carbocycles. The molecule has 2 heterocycles. The van der Waals surface area contributed by atoms with E-state index in [0.29, 0.717) is 12.8 Å². The molecule has 2 rings (SSSR count). The van der Waals surface area contributed by atoms with Crippen molar-refractivity contribution in [2.24, 2.45) is 0 Å². The highest BCUT2D eigenvalue weighted by molar-refractivity contribution is 5.76. The molecule has 9 N–H and O–H groups in total. The van der Waals surface area contributed by atoms with Crippen molar-refractivity contribution in [3.8, 4) is 0 Å². The first-order valence-electron chi connectivity index (χ1n) is 42.3. The van der Waals surface area contributed by atoms with E-state index in [9.17, 15) is 45.6 Å². The zero-order valence-electron chi connectivity index (χ0n) is 65.3. The van der Waals surface area contributed by atoms with Gasteiger partial charge in [-0.15, -0.1) is 0 Å². The second kappa shape index (κ2) is 71.3. The summed E-state index contributed by atoms with van der Waals surface area (Å²) in [6.07, 6.45) is 88.1. The van der Waals surface area contributed by atoms with E-state index in [-0.39, 0.29) is 18.9 Å². The highest BCUT2D eigenvalue weighted by Crippen LogP contribution is 2.30. The zero-order chi connectivity index (χ0) is 74.4. The van der Waals surface area contributed by atoms with Gasteiger partial charge in [-0.05, 0) is 89.9 Å². The largest absolute Gasteiger partial charge is 0.394 e.